The zero-order valence-electron chi connectivity index (χ0n) is 22.4. The molecule has 13 heteroatoms. The van der Waals surface area contributed by atoms with Gasteiger partial charge in [-0.2, -0.15) is 17.5 Å². The number of aliphatic hydroxyl groups excluding tert-OH is 1. The molecule has 1 amide bonds. The van der Waals surface area contributed by atoms with Crippen LogP contribution in [0.4, 0.5) is 18.3 Å². The number of aromatic nitrogens is 3. The SMILES string of the molecule is O=C(c1csc(-c2ccc(C(F)(F)F)cc2)n1)N1CCN(c2nc(C(O)c3ccc(Oc4ccccc4)cc3)ns2)CC1. The van der Waals surface area contributed by atoms with Crippen LogP contribution in [0.1, 0.15) is 33.5 Å². The summed E-state index contributed by atoms with van der Waals surface area (Å²) in [6.45, 7) is 1.93. The summed E-state index contributed by atoms with van der Waals surface area (Å²) in [5, 5.41) is 13.6. The monoisotopic (exact) mass is 623 g/mol. The van der Waals surface area contributed by atoms with Crippen LogP contribution in [-0.4, -0.2) is 56.4 Å². The fraction of sp³-hybridized carbons (Fsp3) is 0.200. The summed E-state index contributed by atoms with van der Waals surface area (Å²) < 4.78 is 48.8. The predicted octanol–water partition coefficient (Wildman–Crippen LogP) is 6.52. The summed E-state index contributed by atoms with van der Waals surface area (Å²) in [5.41, 5.74) is 0.684. The van der Waals surface area contributed by atoms with Crippen LogP contribution in [-0.2, 0) is 6.18 Å². The molecule has 43 heavy (non-hydrogen) atoms. The maximum atomic E-state index is 13.1. The van der Waals surface area contributed by atoms with E-state index in [1.165, 1.54) is 35.0 Å². The molecule has 1 N–H and O–H groups in total. The van der Waals surface area contributed by atoms with E-state index in [0.717, 1.165) is 17.9 Å². The van der Waals surface area contributed by atoms with Crippen LogP contribution in [0.3, 0.4) is 0 Å². The topological polar surface area (TPSA) is 91.7 Å². The first-order valence-electron chi connectivity index (χ1n) is 13.3. The number of carbonyl (C=O) groups is 1. The summed E-state index contributed by atoms with van der Waals surface area (Å²) in [7, 11) is 0. The number of aliphatic hydroxyl groups is 1. The van der Waals surface area contributed by atoms with Gasteiger partial charge in [0.25, 0.3) is 5.91 Å². The molecule has 0 aliphatic carbocycles. The zero-order chi connectivity index (χ0) is 30.0. The number of hydrogen-bond acceptors (Lipinski definition) is 9. The minimum Gasteiger partial charge on any atom is -0.457 e. The summed E-state index contributed by atoms with van der Waals surface area (Å²) in [6.07, 6.45) is -5.41. The van der Waals surface area contributed by atoms with Crippen LogP contribution in [0, 0.1) is 0 Å². The Kier molecular flexibility index (Phi) is 8.10. The van der Waals surface area contributed by atoms with Gasteiger partial charge >= 0.3 is 6.18 Å². The van der Waals surface area contributed by atoms with Crippen molar-refractivity contribution in [1.82, 2.24) is 19.2 Å². The largest absolute Gasteiger partial charge is 0.457 e. The average Bonchev–Trinajstić information content (AvgIpc) is 3.72. The quantitative estimate of drug-likeness (QED) is 0.221. The molecule has 220 valence electrons. The number of piperazine rings is 1. The van der Waals surface area contributed by atoms with Gasteiger partial charge in [0.05, 0.1) is 5.56 Å². The number of alkyl halides is 3. The van der Waals surface area contributed by atoms with Gasteiger partial charge in [-0.3, -0.25) is 4.79 Å². The second-order valence-corrected chi connectivity index (χ2v) is 11.3. The van der Waals surface area contributed by atoms with Gasteiger partial charge in [-0.05, 0) is 42.0 Å². The number of nitrogens with zero attached hydrogens (tertiary/aromatic N) is 5. The van der Waals surface area contributed by atoms with Crippen molar-refractivity contribution >= 4 is 33.9 Å². The highest BCUT2D eigenvalue weighted by molar-refractivity contribution is 7.13. The van der Waals surface area contributed by atoms with Crippen molar-refractivity contribution in [2.45, 2.75) is 12.3 Å². The van der Waals surface area contributed by atoms with E-state index in [0.29, 0.717) is 59.0 Å². The molecular formula is C30H24F3N5O3S2. The van der Waals surface area contributed by atoms with Crippen molar-refractivity contribution in [3.63, 3.8) is 0 Å². The Morgan fingerprint density at radius 1 is 0.884 bits per heavy atom. The van der Waals surface area contributed by atoms with Crippen molar-refractivity contribution in [3.8, 4) is 22.1 Å². The molecule has 8 nitrogen and oxygen atoms in total. The first-order valence-corrected chi connectivity index (χ1v) is 14.9. The van der Waals surface area contributed by atoms with E-state index in [1.807, 2.05) is 35.2 Å². The third kappa shape index (κ3) is 6.53. The Hall–Kier alpha value is -4.33. The van der Waals surface area contributed by atoms with E-state index >= 15 is 0 Å². The first kappa shape index (κ1) is 28.8. The van der Waals surface area contributed by atoms with E-state index < -0.39 is 17.8 Å². The van der Waals surface area contributed by atoms with Crippen LogP contribution >= 0.6 is 22.9 Å². The number of carbonyl (C=O) groups excluding carboxylic acids is 1. The standard InChI is InChI=1S/C30H24F3N5O3S2/c31-30(32,33)21-10-6-20(7-11-21)27-34-24(18-42-27)28(40)37-14-16-38(17-15-37)29-35-26(36-43-29)25(39)19-8-12-23(13-9-19)41-22-4-2-1-3-5-22/h1-13,18,25,39H,14-17H2. The Bertz CT molecular complexity index is 1680. The molecule has 5 aromatic rings. The van der Waals surface area contributed by atoms with Gasteiger partial charge in [0.1, 0.15) is 28.3 Å². The van der Waals surface area contributed by atoms with E-state index in [4.69, 9.17) is 4.74 Å². The summed E-state index contributed by atoms with van der Waals surface area (Å²) in [4.78, 5) is 25.7. The number of ether oxygens (including phenoxy) is 1. The molecule has 3 aromatic carbocycles. The lowest BCUT2D eigenvalue weighted by atomic mass is 10.1. The molecule has 1 saturated heterocycles. The third-order valence-corrected chi connectivity index (χ3v) is 8.55. The Morgan fingerprint density at radius 2 is 1.56 bits per heavy atom. The van der Waals surface area contributed by atoms with Crippen LogP contribution < -0.4 is 9.64 Å². The van der Waals surface area contributed by atoms with E-state index in [-0.39, 0.29) is 11.6 Å². The van der Waals surface area contributed by atoms with Gasteiger partial charge in [0.15, 0.2) is 5.82 Å². The Labute approximate surface area is 252 Å². The smallest absolute Gasteiger partial charge is 0.416 e. The molecule has 1 fully saturated rings. The zero-order valence-corrected chi connectivity index (χ0v) is 24.1. The molecule has 3 heterocycles. The van der Waals surface area contributed by atoms with E-state index in [2.05, 4.69) is 14.3 Å². The van der Waals surface area contributed by atoms with Gasteiger partial charge in [0, 0.05) is 48.7 Å². The van der Waals surface area contributed by atoms with Crippen LogP contribution in [0.5, 0.6) is 11.5 Å². The Morgan fingerprint density at radius 3 is 2.23 bits per heavy atom. The summed E-state index contributed by atoms with van der Waals surface area (Å²) >= 11 is 2.40. The minimum atomic E-state index is -4.41. The highest BCUT2D eigenvalue weighted by Gasteiger charge is 2.30. The van der Waals surface area contributed by atoms with Crippen molar-refractivity contribution in [1.29, 1.82) is 0 Å². The highest BCUT2D eigenvalue weighted by Crippen LogP contribution is 2.32. The van der Waals surface area contributed by atoms with Gasteiger partial charge in [-0.1, -0.05) is 42.5 Å². The fourth-order valence-electron chi connectivity index (χ4n) is 4.53. The molecule has 0 spiro atoms. The number of rotatable bonds is 7. The minimum absolute atomic E-state index is 0.234. The number of hydrogen-bond donors (Lipinski definition) is 1. The van der Waals surface area contributed by atoms with Gasteiger partial charge in [0.2, 0.25) is 5.13 Å². The second-order valence-electron chi connectivity index (χ2n) is 9.71. The van der Waals surface area contributed by atoms with Gasteiger partial charge in [-0.25, -0.2) is 9.97 Å². The normalized spacial score (nSPS) is 14.5. The average molecular weight is 624 g/mol. The fourth-order valence-corrected chi connectivity index (χ4v) is 6.08. The lowest BCUT2D eigenvalue weighted by molar-refractivity contribution is -0.137. The first-order chi connectivity index (χ1) is 20.7. The van der Waals surface area contributed by atoms with Crippen LogP contribution in [0.25, 0.3) is 10.6 Å². The maximum Gasteiger partial charge on any atom is 0.416 e. The molecular weight excluding hydrogens is 599 g/mol. The van der Waals surface area contributed by atoms with Crippen molar-refractivity contribution < 1.29 is 27.8 Å². The second kappa shape index (κ2) is 12.1. The van der Waals surface area contributed by atoms with E-state index in [9.17, 15) is 23.1 Å². The summed E-state index contributed by atoms with van der Waals surface area (Å²) in [5.74, 6) is 1.43. The molecule has 0 bridgehead atoms. The molecule has 0 saturated carbocycles. The number of anilines is 1. The van der Waals surface area contributed by atoms with Crippen molar-refractivity contribution in [3.05, 3.63) is 107 Å². The number of benzene rings is 3. The number of thiazole rings is 1. The third-order valence-electron chi connectivity index (χ3n) is 6.87. The van der Waals surface area contributed by atoms with Crippen LogP contribution in [0.2, 0.25) is 0 Å². The molecule has 0 radical (unpaired) electrons. The molecule has 6 rings (SSSR count). The lowest BCUT2D eigenvalue weighted by Gasteiger charge is -2.34. The van der Waals surface area contributed by atoms with Gasteiger partial charge < -0.3 is 19.6 Å². The lowest BCUT2D eigenvalue weighted by Crippen LogP contribution is -2.48. The summed E-state index contributed by atoms with van der Waals surface area (Å²) in [6, 6.07) is 21.3. The molecule has 1 unspecified atom stereocenters. The maximum absolute atomic E-state index is 13.1. The molecule has 1 aliphatic rings. The van der Waals surface area contributed by atoms with E-state index in [1.54, 1.807) is 34.5 Å². The number of amides is 1. The molecule has 2 aromatic heterocycles. The molecule has 1 aliphatic heterocycles. The van der Waals surface area contributed by atoms with Gasteiger partial charge in [-0.15, -0.1) is 11.3 Å². The van der Waals surface area contributed by atoms with Crippen LogP contribution in [0.15, 0.2) is 84.2 Å². The van der Waals surface area contributed by atoms with Crippen molar-refractivity contribution in [2.24, 2.45) is 0 Å². The number of halogens is 3. The predicted molar refractivity (Wildman–Crippen MR) is 158 cm³/mol. The number of para-hydroxylation sites is 1. The van der Waals surface area contributed by atoms with Crippen molar-refractivity contribution in [2.75, 3.05) is 31.1 Å². The Balaban J connectivity index is 1.04. The molecule has 1 atom stereocenters. The highest BCUT2D eigenvalue weighted by atomic mass is 32.1.